The van der Waals surface area contributed by atoms with Crippen molar-refractivity contribution in [1.82, 2.24) is 0 Å². The van der Waals surface area contributed by atoms with Crippen molar-refractivity contribution in [3.05, 3.63) is 0 Å². The van der Waals surface area contributed by atoms with Crippen molar-refractivity contribution >= 4 is 33.5 Å². The molecule has 2 heterocycles. The van der Waals surface area contributed by atoms with Gasteiger partial charge >= 0.3 is 11.9 Å². The van der Waals surface area contributed by atoms with Gasteiger partial charge in [-0.25, -0.2) is 0 Å². The van der Waals surface area contributed by atoms with Crippen LogP contribution in [-0.4, -0.2) is 161 Å². The van der Waals surface area contributed by atoms with Gasteiger partial charge in [-0.1, -0.05) is 21.6 Å². The predicted octanol–water partition coefficient (Wildman–Crippen LogP) is -6.21. The van der Waals surface area contributed by atoms with E-state index >= 15 is 0 Å². The molecule has 0 saturated carbocycles. The summed E-state index contributed by atoms with van der Waals surface area (Å²) in [6, 6.07) is -1.85. The predicted molar refractivity (Wildman–Crippen MR) is 125 cm³/mol. The molecule has 0 bridgehead atoms. The summed E-state index contributed by atoms with van der Waals surface area (Å²) < 4.78 is 15.3. The molecule has 2 saturated heterocycles. The lowest BCUT2D eigenvalue weighted by atomic mass is 9.97. The van der Waals surface area contributed by atoms with Gasteiger partial charge < -0.3 is 76.7 Å². The molecule has 0 spiro atoms. The van der Waals surface area contributed by atoms with Crippen LogP contribution in [0.1, 0.15) is 0 Å². The lowest BCUT2D eigenvalue weighted by Crippen LogP contribution is -2.64. The van der Waals surface area contributed by atoms with E-state index in [-0.39, 0.29) is 11.5 Å². The third kappa shape index (κ3) is 9.98. The normalized spacial score (nSPS) is 37.7. The Hall–Kier alpha value is -0.880. The van der Waals surface area contributed by atoms with Crippen molar-refractivity contribution in [1.29, 1.82) is 0 Å². The molecule has 0 aromatic heterocycles. The van der Waals surface area contributed by atoms with Crippen LogP contribution < -0.4 is 11.5 Å². The molecule has 14 N–H and O–H groups in total. The summed E-state index contributed by atoms with van der Waals surface area (Å²) in [6.07, 6.45) is -15.6. The van der Waals surface area contributed by atoms with Crippen LogP contribution in [0.15, 0.2) is 0 Å². The summed E-state index contributed by atoms with van der Waals surface area (Å²) in [7, 11) is 2.41. The van der Waals surface area contributed by atoms with Gasteiger partial charge in [0.05, 0.1) is 13.2 Å². The van der Waals surface area contributed by atoms with E-state index in [1.807, 2.05) is 0 Å². The highest BCUT2D eigenvalue weighted by molar-refractivity contribution is 8.76. The molecular formula is C18H34N2O15S2. The average Bonchev–Trinajstić information content (AvgIpc) is 2.86. The highest BCUT2D eigenvalue weighted by Gasteiger charge is 2.50. The molecule has 2 aliphatic heterocycles. The first kappa shape index (κ1) is 34.1. The Kier molecular flexibility index (Phi) is 15.0. The first-order valence-corrected chi connectivity index (χ1v) is 13.2. The number of carboxylic acids is 2. The molecule has 12 atom stereocenters. The second kappa shape index (κ2) is 16.3. The van der Waals surface area contributed by atoms with E-state index in [9.17, 15) is 45.3 Å². The number of carboxylic acid groups (broad SMARTS) is 2. The first-order valence-electron chi connectivity index (χ1n) is 10.7. The van der Waals surface area contributed by atoms with Gasteiger partial charge in [0.2, 0.25) is 0 Å². The van der Waals surface area contributed by atoms with Crippen LogP contribution in [0.4, 0.5) is 0 Å². The largest absolute Gasteiger partial charge is 0.480 e. The molecule has 0 aromatic carbocycles. The maximum atomic E-state index is 10.3. The molecule has 2 aliphatic rings. The Balaban J connectivity index is 0.000000422. The van der Waals surface area contributed by atoms with Crippen molar-refractivity contribution < 1.29 is 74.9 Å². The van der Waals surface area contributed by atoms with Crippen molar-refractivity contribution in [2.75, 3.05) is 24.7 Å². The standard InChI is InChI=1S/C12H22O11.C6H12N2O4S2/c13-1-3-5(15)6(16)9(19)12(22-3)23-10-4(2-14)21-11(20)8(18)7(10)17;7-3(5(9)10)1-13-14-2-4(8)6(11)12/h3-20H,1-2H2;3-4H,1-2,7-8H2,(H,9,10)(H,11,12)/t3-,4-,5+,6+,7-,8-,9-,10-,11-,12+;/m1./s1. The topological polar surface area (TPSA) is 316 Å². The van der Waals surface area contributed by atoms with Gasteiger partial charge in [0, 0.05) is 11.5 Å². The van der Waals surface area contributed by atoms with Gasteiger partial charge in [-0.3, -0.25) is 9.59 Å². The zero-order chi connectivity index (χ0) is 28.4. The number of aliphatic hydroxyl groups is 8. The van der Waals surface area contributed by atoms with E-state index in [2.05, 4.69) is 0 Å². The number of aliphatic carboxylic acids is 2. The van der Waals surface area contributed by atoms with Crippen LogP contribution in [0.2, 0.25) is 0 Å². The number of hydrogen-bond donors (Lipinski definition) is 12. The summed E-state index contributed by atoms with van der Waals surface area (Å²) in [5.74, 6) is -1.68. The fourth-order valence-corrected chi connectivity index (χ4v) is 5.18. The SMILES string of the molecule is NC(CSSCC(N)C(=O)O)C(=O)O.OC[C@H]1O[C@@H](O[C@H]2[C@H](O)[C@@H](O)[C@H](O)O[C@@H]2CO)[C@H](O)[C@@H](O)[C@H]1O. The monoisotopic (exact) mass is 582 g/mol. The Bertz CT molecular complexity index is 686. The molecule has 37 heavy (non-hydrogen) atoms. The van der Waals surface area contributed by atoms with E-state index in [0.29, 0.717) is 0 Å². The van der Waals surface area contributed by atoms with Crippen LogP contribution in [0, 0.1) is 0 Å². The van der Waals surface area contributed by atoms with Crippen molar-refractivity contribution in [3.8, 4) is 0 Å². The number of ether oxygens (including phenoxy) is 3. The van der Waals surface area contributed by atoms with Crippen LogP contribution in [0.5, 0.6) is 0 Å². The van der Waals surface area contributed by atoms with E-state index in [1.165, 1.54) is 21.6 Å². The van der Waals surface area contributed by atoms with Crippen LogP contribution in [0.3, 0.4) is 0 Å². The maximum Gasteiger partial charge on any atom is 0.321 e. The second-order valence-corrected chi connectivity index (χ2v) is 10.5. The first-order chi connectivity index (χ1) is 17.3. The summed E-state index contributed by atoms with van der Waals surface area (Å²) in [6.45, 7) is -1.35. The Morgan fingerprint density at radius 2 is 1.22 bits per heavy atom. The molecule has 17 nitrogen and oxygen atoms in total. The minimum absolute atomic E-state index is 0.229. The highest BCUT2D eigenvalue weighted by atomic mass is 33.1. The molecule has 0 aliphatic carbocycles. The lowest BCUT2D eigenvalue weighted by Gasteiger charge is -2.45. The fourth-order valence-electron chi connectivity index (χ4n) is 2.96. The third-order valence-electron chi connectivity index (χ3n) is 5.19. The molecule has 0 radical (unpaired) electrons. The quantitative estimate of drug-likeness (QED) is 0.0795. The Morgan fingerprint density at radius 3 is 1.65 bits per heavy atom. The Morgan fingerprint density at radius 1 is 0.730 bits per heavy atom. The average molecular weight is 583 g/mol. The van der Waals surface area contributed by atoms with Crippen LogP contribution >= 0.6 is 21.6 Å². The highest BCUT2D eigenvalue weighted by Crippen LogP contribution is 2.28. The third-order valence-corrected chi connectivity index (χ3v) is 7.67. The lowest BCUT2D eigenvalue weighted by molar-refractivity contribution is -0.355. The molecule has 0 aromatic rings. The number of carbonyl (C=O) groups is 2. The number of hydrogen-bond acceptors (Lipinski definition) is 17. The van der Waals surface area contributed by atoms with Crippen molar-refractivity contribution in [2.45, 2.75) is 73.5 Å². The van der Waals surface area contributed by atoms with Gasteiger partial charge in [-0.05, 0) is 0 Å². The number of aliphatic hydroxyl groups excluding tert-OH is 8. The van der Waals surface area contributed by atoms with Crippen molar-refractivity contribution in [3.63, 3.8) is 0 Å². The smallest absolute Gasteiger partial charge is 0.321 e. The van der Waals surface area contributed by atoms with Gasteiger partial charge in [0.15, 0.2) is 12.6 Å². The van der Waals surface area contributed by atoms with E-state index in [4.69, 9.17) is 41.0 Å². The van der Waals surface area contributed by atoms with E-state index in [1.54, 1.807) is 0 Å². The summed E-state index contributed by atoms with van der Waals surface area (Å²) in [5.41, 5.74) is 10.4. The number of rotatable bonds is 11. The molecule has 2 rings (SSSR count). The van der Waals surface area contributed by atoms with Crippen molar-refractivity contribution in [2.24, 2.45) is 11.5 Å². The Labute approximate surface area is 218 Å². The minimum atomic E-state index is -1.74. The summed E-state index contributed by atoms with van der Waals surface area (Å²) in [5, 5.41) is 93.3. The maximum absolute atomic E-state index is 10.3. The van der Waals surface area contributed by atoms with Gasteiger partial charge in [-0.15, -0.1) is 0 Å². The summed E-state index contributed by atoms with van der Waals surface area (Å²) >= 11 is 0. The zero-order valence-corrected chi connectivity index (χ0v) is 20.9. The molecule has 218 valence electrons. The molecule has 0 amide bonds. The zero-order valence-electron chi connectivity index (χ0n) is 19.2. The van der Waals surface area contributed by atoms with Gasteiger partial charge in [0.1, 0.15) is 60.9 Å². The van der Waals surface area contributed by atoms with Crippen LogP contribution in [0.25, 0.3) is 0 Å². The minimum Gasteiger partial charge on any atom is -0.480 e. The fraction of sp³-hybridized carbons (Fsp3) is 0.889. The van der Waals surface area contributed by atoms with E-state index in [0.717, 1.165) is 0 Å². The van der Waals surface area contributed by atoms with Crippen LogP contribution in [-0.2, 0) is 23.8 Å². The van der Waals surface area contributed by atoms with Gasteiger partial charge in [0.25, 0.3) is 0 Å². The molecular weight excluding hydrogens is 548 g/mol. The van der Waals surface area contributed by atoms with E-state index < -0.39 is 98.6 Å². The van der Waals surface area contributed by atoms with Gasteiger partial charge in [-0.2, -0.15) is 0 Å². The second-order valence-electron chi connectivity index (χ2n) is 7.99. The number of nitrogens with two attached hydrogens (primary N) is 2. The summed E-state index contributed by atoms with van der Waals surface area (Å²) in [4.78, 5) is 20.5. The molecule has 2 unspecified atom stereocenters. The molecule has 2 fully saturated rings. The molecule has 19 heteroatoms.